The van der Waals surface area contributed by atoms with Gasteiger partial charge in [-0.25, -0.2) is 9.59 Å². The van der Waals surface area contributed by atoms with E-state index < -0.39 is 24.5 Å². The highest BCUT2D eigenvalue weighted by Gasteiger charge is 2.14. The van der Waals surface area contributed by atoms with E-state index in [1.807, 2.05) is 60.7 Å². The monoisotopic (exact) mass is 705 g/mol. The van der Waals surface area contributed by atoms with Crippen molar-refractivity contribution >= 4 is 40.6 Å². The number of benzene rings is 5. The molecular formula is C46H43NO6. The molecule has 53 heavy (non-hydrogen) atoms. The molecule has 7 nitrogen and oxygen atoms in total. The third-order valence-corrected chi connectivity index (χ3v) is 8.12. The van der Waals surface area contributed by atoms with E-state index in [9.17, 15) is 9.59 Å². The number of nitrogens with zero attached hydrogens (tertiary/aromatic N) is 1. The van der Waals surface area contributed by atoms with Crippen molar-refractivity contribution < 1.29 is 28.5 Å². The number of esters is 2. The molecule has 0 spiro atoms. The molecule has 0 fully saturated rings. The zero-order chi connectivity index (χ0) is 37.7. The summed E-state index contributed by atoms with van der Waals surface area (Å²) >= 11 is 0. The van der Waals surface area contributed by atoms with Gasteiger partial charge >= 0.3 is 11.9 Å². The highest BCUT2D eigenvalue weighted by atomic mass is 16.7. The lowest BCUT2D eigenvalue weighted by Gasteiger charge is -2.25. The average molecular weight is 706 g/mol. The van der Waals surface area contributed by atoms with Gasteiger partial charge in [-0.15, -0.1) is 0 Å². The van der Waals surface area contributed by atoms with Crippen LogP contribution in [0.3, 0.4) is 0 Å². The van der Waals surface area contributed by atoms with Gasteiger partial charge < -0.3 is 23.8 Å². The van der Waals surface area contributed by atoms with E-state index in [1.54, 1.807) is 13.8 Å². The fraction of sp³-hybridized carbons (Fsp3) is 0.130. The first kappa shape index (κ1) is 37.7. The minimum atomic E-state index is -0.780. The van der Waals surface area contributed by atoms with Crippen molar-refractivity contribution in [2.45, 2.75) is 40.3 Å². The van der Waals surface area contributed by atoms with Crippen LogP contribution in [0.4, 0.5) is 17.1 Å². The van der Waals surface area contributed by atoms with Crippen LogP contribution in [0.2, 0.25) is 0 Å². The van der Waals surface area contributed by atoms with E-state index in [-0.39, 0.29) is 0 Å². The van der Waals surface area contributed by atoms with Crippen LogP contribution >= 0.6 is 0 Å². The standard InChI is InChI=1S/C46H43NO6/c1-7-45(48)52-34(5)50-42-28-18-37(19-29-42)44(38-20-30-43(31-21-38)51-35(6)53-46(49)8-2)11-9-10-36-16-26-41(27-17-36)47(39-22-12-32(3)13-23-39)40-24-14-33(4)15-25-40/h7-31,34-35H,1-2H2,3-6H3. The third-order valence-electron chi connectivity index (χ3n) is 8.12. The largest absolute Gasteiger partial charge is 0.455 e. The van der Waals surface area contributed by atoms with Crippen LogP contribution in [-0.4, -0.2) is 24.5 Å². The Morgan fingerprint density at radius 2 is 0.943 bits per heavy atom. The Bertz CT molecular complexity index is 1940. The molecule has 0 N–H and O–H groups in total. The normalized spacial score (nSPS) is 11.8. The van der Waals surface area contributed by atoms with Gasteiger partial charge in [0, 0.05) is 43.1 Å². The topological polar surface area (TPSA) is 74.3 Å². The second kappa shape index (κ2) is 18.1. The summed E-state index contributed by atoms with van der Waals surface area (Å²) in [6.45, 7) is 14.3. The summed E-state index contributed by atoms with van der Waals surface area (Å²) in [6.07, 6.45) is 6.76. The minimum Gasteiger partial charge on any atom is -0.455 e. The van der Waals surface area contributed by atoms with Crippen molar-refractivity contribution in [1.82, 2.24) is 0 Å². The molecule has 0 heterocycles. The van der Waals surface area contributed by atoms with Crippen LogP contribution in [0.1, 0.15) is 41.7 Å². The maximum Gasteiger partial charge on any atom is 0.333 e. The summed E-state index contributed by atoms with van der Waals surface area (Å²) < 4.78 is 21.8. The molecule has 0 saturated carbocycles. The molecule has 0 bridgehead atoms. The van der Waals surface area contributed by atoms with Gasteiger partial charge in [-0.05, 0) is 96.8 Å². The molecule has 5 aromatic carbocycles. The first-order valence-corrected chi connectivity index (χ1v) is 17.2. The van der Waals surface area contributed by atoms with Crippen LogP contribution in [-0.2, 0) is 19.1 Å². The zero-order valence-corrected chi connectivity index (χ0v) is 30.4. The zero-order valence-electron chi connectivity index (χ0n) is 30.4. The van der Waals surface area contributed by atoms with Crippen molar-refractivity contribution in [3.8, 4) is 11.5 Å². The molecule has 0 aromatic heterocycles. The van der Waals surface area contributed by atoms with Gasteiger partial charge in [-0.2, -0.15) is 0 Å². The summed E-state index contributed by atoms with van der Waals surface area (Å²) in [4.78, 5) is 25.4. The summed E-state index contributed by atoms with van der Waals surface area (Å²) in [5.74, 6) is -0.0249. The molecule has 2 unspecified atom stereocenters. The molecule has 7 heteroatoms. The molecule has 5 aromatic rings. The molecule has 268 valence electrons. The molecular weight excluding hydrogens is 663 g/mol. The number of carbonyl (C=O) groups excluding carboxylic acids is 2. The van der Waals surface area contributed by atoms with Gasteiger partial charge in [0.1, 0.15) is 11.5 Å². The van der Waals surface area contributed by atoms with Crippen LogP contribution in [0.25, 0.3) is 11.6 Å². The molecule has 5 rings (SSSR count). The lowest BCUT2D eigenvalue weighted by atomic mass is 9.97. The third kappa shape index (κ3) is 10.7. The van der Waals surface area contributed by atoms with Crippen molar-refractivity contribution in [2.75, 3.05) is 4.90 Å². The average Bonchev–Trinajstić information content (AvgIpc) is 3.16. The number of ether oxygens (including phenoxy) is 4. The van der Waals surface area contributed by atoms with E-state index in [0.29, 0.717) is 11.5 Å². The molecule has 0 radical (unpaired) electrons. The number of hydrogen-bond donors (Lipinski definition) is 0. The van der Waals surface area contributed by atoms with Gasteiger partial charge in [-0.3, -0.25) is 0 Å². The van der Waals surface area contributed by atoms with Crippen molar-refractivity contribution in [2.24, 2.45) is 0 Å². The SMILES string of the molecule is C=CC(=O)OC(C)Oc1ccc(C(=CC=Cc2ccc(N(c3ccc(C)cc3)c3ccc(C)cc3)cc2)c2ccc(OC(C)OC(=O)C=C)cc2)cc1. The molecule has 0 aliphatic carbocycles. The first-order chi connectivity index (χ1) is 25.6. The van der Waals surface area contributed by atoms with Crippen molar-refractivity contribution in [3.05, 3.63) is 187 Å². The molecule has 0 aliphatic heterocycles. The first-order valence-electron chi connectivity index (χ1n) is 17.2. The van der Waals surface area contributed by atoms with Gasteiger partial charge in [0.25, 0.3) is 0 Å². The lowest BCUT2D eigenvalue weighted by molar-refractivity contribution is -0.156. The molecule has 0 aliphatic rings. The number of rotatable bonds is 15. The van der Waals surface area contributed by atoms with E-state index in [4.69, 9.17) is 18.9 Å². The van der Waals surface area contributed by atoms with E-state index in [0.717, 1.165) is 51.5 Å². The predicted octanol–water partition coefficient (Wildman–Crippen LogP) is 10.8. The van der Waals surface area contributed by atoms with Crippen LogP contribution in [0.5, 0.6) is 11.5 Å². The van der Waals surface area contributed by atoms with Crippen molar-refractivity contribution in [3.63, 3.8) is 0 Å². The fourth-order valence-corrected chi connectivity index (χ4v) is 5.46. The Kier molecular flexibility index (Phi) is 12.8. The number of anilines is 3. The number of hydrogen-bond acceptors (Lipinski definition) is 7. The quantitative estimate of drug-likeness (QED) is 0.0464. The Balaban J connectivity index is 1.41. The second-order valence-corrected chi connectivity index (χ2v) is 12.2. The highest BCUT2D eigenvalue weighted by molar-refractivity contribution is 5.83. The molecule has 0 amide bonds. The maximum absolute atomic E-state index is 11.6. The van der Waals surface area contributed by atoms with Gasteiger partial charge in [0.2, 0.25) is 12.6 Å². The second-order valence-electron chi connectivity index (χ2n) is 12.2. The maximum atomic E-state index is 11.6. The predicted molar refractivity (Wildman–Crippen MR) is 212 cm³/mol. The Labute approximate surface area is 311 Å². The van der Waals surface area contributed by atoms with Gasteiger partial charge in [-0.1, -0.05) is 103 Å². The molecule has 0 saturated heterocycles. The van der Waals surface area contributed by atoms with Crippen LogP contribution < -0.4 is 14.4 Å². The van der Waals surface area contributed by atoms with Gasteiger partial charge in [0.05, 0.1) is 0 Å². The minimum absolute atomic E-state index is 0.546. The summed E-state index contributed by atoms with van der Waals surface area (Å²) in [6, 6.07) is 40.6. The van der Waals surface area contributed by atoms with E-state index in [2.05, 4.69) is 111 Å². The Hall–Kier alpha value is -6.60. The smallest absolute Gasteiger partial charge is 0.333 e. The van der Waals surface area contributed by atoms with Crippen LogP contribution in [0.15, 0.2) is 159 Å². The van der Waals surface area contributed by atoms with E-state index in [1.165, 1.54) is 11.1 Å². The lowest BCUT2D eigenvalue weighted by Crippen LogP contribution is -2.19. The Morgan fingerprint density at radius 3 is 1.32 bits per heavy atom. The highest BCUT2D eigenvalue weighted by Crippen LogP contribution is 2.35. The fourth-order valence-electron chi connectivity index (χ4n) is 5.46. The summed E-state index contributed by atoms with van der Waals surface area (Å²) in [5, 5.41) is 0. The van der Waals surface area contributed by atoms with Crippen LogP contribution in [0, 0.1) is 13.8 Å². The Morgan fingerprint density at radius 1 is 0.566 bits per heavy atom. The number of carbonyl (C=O) groups is 2. The summed E-state index contributed by atoms with van der Waals surface area (Å²) in [7, 11) is 0. The van der Waals surface area contributed by atoms with E-state index >= 15 is 0 Å². The molecule has 2 atom stereocenters. The van der Waals surface area contributed by atoms with Gasteiger partial charge in [0.15, 0.2) is 0 Å². The summed E-state index contributed by atoms with van der Waals surface area (Å²) in [5.41, 5.74) is 9.49. The number of aryl methyl sites for hydroxylation is 2. The van der Waals surface area contributed by atoms with Crippen molar-refractivity contribution in [1.29, 1.82) is 0 Å². The number of allylic oxidation sites excluding steroid dienone is 2.